The maximum Gasteiger partial charge on any atom is 0.323 e. The van der Waals surface area contributed by atoms with E-state index in [0.29, 0.717) is 16.8 Å². The van der Waals surface area contributed by atoms with Crippen molar-refractivity contribution in [3.8, 4) is 6.07 Å². The van der Waals surface area contributed by atoms with Gasteiger partial charge in [0.1, 0.15) is 0 Å². The van der Waals surface area contributed by atoms with Crippen molar-refractivity contribution in [2.45, 2.75) is 12.8 Å². The molecule has 5 heteroatoms. The van der Waals surface area contributed by atoms with Crippen molar-refractivity contribution in [3.63, 3.8) is 0 Å². The molecule has 86 valence electrons. The maximum absolute atomic E-state index is 11.7. The van der Waals surface area contributed by atoms with E-state index in [9.17, 15) is 9.59 Å². The molecule has 1 N–H and O–H groups in total. The number of fused-ring (bicyclic) bond motifs is 1. The summed E-state index contributed by atoms with van der Waals surface area (Å²) in [6, 6.07) is 6.71. The van der Waals surface area contributed by atoms with Gasteiger partial charge in [-0.3, -0.25) is 9.59 Å². The zero-order valence-electron chi connectivity index (χ0n) is 9.19. The number of carbonyl (C=O) groups excluding carboxylic acids is 2. The molecule has 0 radical (unpaired) electrons. The van der Waals surface area contributed by atoms with Crippen LogP contribution in [0.3, 0.4) is 0 Å². The highest BCUT2D eigenvalue weighted by Gasteiger charge is 2.37. The summed E-state index contributed by atoms with van der Waals surface area (Å²) in [4.78, 5) is 23.3. The van der Waals surface area contributed by atoms with Gasteiger partial charge in [0.15, 0.2) is 5.92 Å². The SMILES string of the molecule is CCOC(=O)C1C(=O)Nc2ccc(C#N)cc21. The Hall–Kier alpha value is -2.35. The number of nitriles is 1. The fraction of sp³-hybridized carbons (Fsp3) is 0.250. The number of hydrogen-bond donors (Lipinski definition) is 1. The number of esters is 1. The lowest BCUT2D eigenvalue weighted by Gasteiger charge is -2.07. The van der Waals surface area contributed by atoms with Crippen LogP contribution in [0.15, 0.2) is 18.2 Å². The summed E-state index contributed by atoms with van der Waals surface area (Å²) < 4.78 is 4.84. The number of hydrogen-bond acceptors (Lipinski definition) is 4. The highest BCUT2D eigenvalue weighted by Crippen LogP contribution is 2.33. The van der Waals surface area contributed by atoms with Crippen molar-refractivity contribution in [1.82, 2.24) is 0 Å². The van der Waals surface area contributed by atoms with Crippen molar-refractivity contribution in [2.24, 2.45) is 0 Å². The fourth-order valence-electron chi connectivity index (χ4n) is 1.79. The van der Waals surface area contributed by atoms with Gasteiger partial charge in [-0.05, 0) is 25.1 Å². The summed E-state index contributed by atoms with van der Waals surface area (Å²) in [6.45, 7) is 1.90. The highest BCUT2D eigenvalue weighted by atomic mass is 16.5. The van der Waals surface area contributed by atoms with Crippen LogP contribution in [0.4, 0.5) is 5.69 Å². The number of benzene rings is 1. The minimum atomic E-state index is -0.960. The normalized spacial score (nSPS) is 16.9. The van der Waals surface area contributed by atoms with Crippen LogP contribution in [0.1, 0.15) is 24.0 Å². The molecule has 17 heavy (non-hydrogen) atoms. The molecular formula is C12H10N2O3. The molecule has 1 aliphatic rings. The van der Waals surface area contributed by atoms with Crippen LogP contribution in [-0.2, 0) is 14.3 Å². The summed E-state index contributed by atoms with van der Waals surface area (Å²) in [6.07, 6.45) is 0. The number of nitrogens with one attached hydrogen (secondary N) is 1. The number of anilines is 1. The monoisotopic (exact) mass is 230 g/mol. The predicted molar refractivity (Wildman–Crippen MR) is 59.2 cm³/mol. The van der Waals surface area contributed by atoms with Crippen LogP contribution in [0, 0.1) is 11.3 Å². The van der Waals surface area contributed by atoms with Gasteiger partial charge in [-0.15, -0.1) is 0 Å². The molecule has 5 nitrogen and oxygen atoms in total. The lowest BCUT2D eigenvalue weighted by Crippen LogP contribution is -2.22. The summed E-state index contributed by atoms with van der Waals surface area (Å²) in [5, 5.41) is 11.4. The largest absolute Gasteiger partial charge is 0.465 e. The topological polar surface area (TPSA) is 79.2 Å². The molecule has 2 rings (SSSR count). The number of ether oxygens (including phenoxy) is 1. The first kappa shape index (κ1) is 11.1. The van der Waals surface area contributed by atoms with Crippen LogP contribution >= 0.6 is 0 Å². The molecule has 0 fully saturated rings. The Morgan fingerprint density at radius 1 is 1.59 bits per heavy atom. The van der Waals surface area contributed by atoms with Crippen LogP contribution in [-0.4, -0.2) is 18.5 Å². The zero-order valence-corrected chi connectivity index (χ0v) is 9.19. The molecule has 1 atom stereocenters. The Labute approximate surface area is 98.0 Å². The van der Waals surface area contributed by atoms with Gasteiger partial charge in [-0.25, -0.2) is 0 Å². The highest BCUT2D eigenvalue weighted by molar-refractivity contribution is 6.15. The lowest BCUT2D eigenvalue weighted by molar-refractivity contribution is -0.147. The lowest BCUT2D eigenvalue weighted by atomic mass is 9.99. The van der Waals surface area contributed by atoms with Gasteiger partial charge in [0.05, 0.1) is 18.2 Å². The molecule has 0 saturated heterocycles. The van der Waals surface area contributed by atoms with Crippen molar-refractivity contribution in [1.29, 1.82) is 5.26 Å². The molecule has 0 aromatic heterocycles. The number of amides is 1. The summed E-state index contributed by atoms with van der Waals surface area (Å²) >= 11 is 0. The van der Waals surface area contributed by atoms with Crippen molar-refractivity contribution in [2.75, 3.05) is 11.9 Å². The van der Waals surface area contributed by atoms with E-state index >= 15 is 0 Å². The molecule has 0 aliphatic carbocycles. The third-order valence-corrected chi connectivity index (χ3v) is 2.53. The Kier molecular flexibility index (Phi) is 2.79. The molecule has 0 saturated carbocycles. The molecule has 1 aromatic carbocycles. The second-order valence-electron chi connectivity index (χ2n) is 3.59. The van der Waals surface area contributed by atoms with E-state index in [1.54, 1.807) is 19.1 Å². The molecule has 1 aromatic rings. The number of rotatable bonds is 2. The van der Waals surface area contributed by atoms with Gasteiger partial charge >= 0.3 is 5.97 Å². The Balaban J connectivity index is 2.42. The quantitative estimate of drug-likeness (QED) is 0.610. The van der Waals surface area contributed by atoms with Crippen molar-refractivity contribution in [3.05, 3.63) is 29.3 Å². The third-order valence-electron chi connectivity index (χ3n) is 2.53. The minimum absolute atomic E-state index is 0.218. The number of nitrogens with zero attached hydrogens (tertiary/aromatic N) is 1. The maximum atomic E-state index is 11.7. The van der Waals surface area contributed by atoms with E-state index < -0.39 is 17.8 Å². The second-order valence-corrected chi connectivity index (χ2v) is 3.59. The van der Waals surface area contributed by atoms with Crippen molar-refractivity contribution >= 4 is 17.6 Å². The smallest absolute Gasteiger partial charge is 0.323 e. The molecular weight excluding hydrogens is 220 g/mol. The van der Waals surface area contributed by atoms with Crippen LogP contribution in [0.25, 0.3) is 0 Å². The van der Waals surface area contributed by atoms with Gasteiger partial charge in [0.25, 0.3) is 0 Å². The number of carbonyl (C=O) groups is 2. The first-order chi connectivity index (χ1) is 8.17. The van der Waals surface area contributed by atoms with Gasteiger partial charge in [-0.1, -0.05) is 0 Å². The standard InChI is InChI=1S/C12H10N2O3/c1-2-17-12(16)10-8-5-7(6-13)3-4-9(8)14-11(10)15/h3-5,10H,2H2,1H3,(H,14,15). The molecule has 1 aliphatic heterocycles. The van der Waals surface area contributed by atoms with Crippen LogP contribution < -0.4 is 5.32 Å². The van der Waals surface area contributed by atoms with Gasteiger partial charge < -0.3 is 10.1 Å². The molecule has 1 amide bonds. The molecule has 0 spiro atoms. The zero-order chi connectivity index (χ0) is 12.4. The fourth-order valence-corrected chi connectivity index (χ4v) is 1.79. The summed E-state index contributed by atoms with van der Waals surface area (Å²) in [7, 11) is 0. The Bertz CT molecular complexity index is 531. The van der Waals surface area contributed by atoms with Crippen LogP contribution in [0.5, 0.6) is 0 Å². The summed E-state index contributed by atoms with van der Waals surface area (Å²) in [5.41, 5.74) is 1.48. The molecule has 1 unspecified atom stereocenters. The van der Waals surface area contributed by atoms with E-state index in [1.165, 1.54) is 6.07 Å². The summed E-state index contributed by atoms with van der Waals surface area (Å²) in [5.74, 6) is -1.95. The Morgan fingerprint density at radius 2 is 2.35 bits per heavy atom. The van der Waals surface area contributed by atoms with Crippen molar-refractivity contribution < 1.29 is 14.3 Å². The van der Waals surface area contributed by atoms with Gasteiger partial charge in [0.2, 0.25) is 5.91 Å². The first-order valence-corrected chi connectivity index (χ1v) is 5.19. The first-order valence-electron chi connectivity index (χ1n) is 5.19. The average Bonchev–Trinajstić information content (AvgIpc) is 2.64. The van der Waals surface area contributed by atoms with E-state index in [-0.39, 0.29) is 6.61 Å². The van der Waals surface area contributed by atoms with Gasteiger partial charge in [-0.2, -0.15) is 5.26 Å². The Morgan fingerprint density at radius 3 is 3.00 bits per heavy atom. The van der Waals surface area contributed by atoms with E-state index in [0.717, 1.165) is 0 Å². The molecule has 0 bridgehead atoms. The van der Waals surface area contributed by atoms with Gasteiger partial charge in [0, 0.05) is 11.3 Å². The second kappa shape index (κ2) is 4.26. The van der Waals surface area contributed by atoms with E-state index in [2.05, 4.69) is 5.32 Å². The van der Waals surface area contributed by atoms with Crippen LogP contribution in [0.2, 0.25) is 0 Å². The average molecular weight is 230 g/mol. The third kappa shape index (κ3) is 1.85. The van der Waals surface area contributed by atoms with E-state index in [1.807, 2.05) is 6.07 Å². The molecule has 1 heterocycles. The van der Waals surface area contributed by atoms with E-state index in [4.69, 9.17) is 10.00 Å². The predicted octanol–water partition coefficient (Wildman–Crippen LogP) is 1.16. The minimum Gasteiger partial charge on any atom is -0.465 e.